The maximum Gasteiger partial charge on any atom is 0.191 e. The topological polar surface area (TPSA) is 45.7 Å². The Hall–Kier alpha value is -1.07. The number of ether oxygens (including phenoxy) is 1. The zero-order chi connectivity index (χ0) is 16.3. The van der Waals surface area contributed by atoms with Crippen LogP contribution >= 0.6 is 11.3 Å². The highest BCUT2D eigenvalue weighted by molar-refractivity contribution is 7.09. The van der Waals surface area contributed by atoms with E-state index in [4.69, 9.17) is 9.73 Å². The molecule has 1 aromatic heterocycles. The number of nitrogens with zero attached hydrogens (tertiary/aromatic N) is 1. The summed E-state index contributed by atoms with van der Waals surface area (Å²) >= 11 is 1.81. The minimum atomic E-state index is 0.176. The van der Waals surface area contributed by atoms with Crippen molar-refractivity contribution in [1.29, 1.82) is 0 Å². The van der Waals surface area contributed by atoms with E-state index >= 15 is 0 Å². The molecule has 128 valence electrons. The third-order valence-corrected chi connectivity index (χ3v) is 6.11. The third kappa shape index (κ3) is 3.56. The van der Waals surface area contributed by atoms with Crippen LogP contribution in [0.2, 0.25) is 0 Å². The Morgan fingerprint density at radius 3 is 3.09 bits per heavy atom. The van der Waals surface area contributed by atoms with Crippen molar-refractivity contribution in [3.63, 3.8) is 0 Å². The molecule has 0 spiro atoms. The van der Waals surface area contributed by atoms with Gasteiger partial charge in [0.05, 0.1) is 6.10 Å². The average Bonchev–Trinajstić information content (AvgIpc) is 3.06. The Bertz CT molecular complexity index is 526. The van der Waals surface area contributed by atoms with E-state index in [1.165, 1.54) is 17.7 Å². The first-order chi connectivity index (χ1) is 11.1. The molecule has 2 aliphatic rings. The number of guanidine groups is 1. The van der Waals surface area contributed by atoms with Crippen LogP contribution in [0.25, 0.3) is 0 Å². The monoisotopic (exact) mass is 335 g/mol. The minimum Gasteiger partial charge on any atom is -0.377 e. The second-order valence-electron chi connectivity index (χ2n) is 7.13. The van der Waals surface area contributed by atoms with Gasteiger partial charge in [-0.25, -0.2) is 0 Å². The number of aliphatic imine (C=N–C) groups is 1. The average molecular weight is 336 g/mol. The summed E-state index contributed by atoms with van der Waals surface area (Å²) in [6.07, 6.45) is 3.86. The normalized spacial score (nSPS) is 29.5. The SMILES string of the molecule is CCNC(=NCCc1cccs1)NC1C2CCCOC2C1(C)C. The molecule has 1 saturated carbocycles. The highest BCUT2D eigenvalue weighted by Gasteiger charge is 2.58. The van der Waals surface area contributed by atoms with Gasteiger partial charge in [0.1, 0.15) is 0 Å². The lowest BCUT2D eigenvalue weighted by molar-refractivity contribution is -0.188. The van der Waals surface area contributed by atoms with Gasteiger partial charge in [-0.3, -0.25) is 4.99 Å². The van der Waals surface area contributed by atoms with Gasteiger partial charge in [0.2, 0.25) is 0 Å². The summed E-state index contributed by atoms with van der Waals surface area (Å²) in [5, 5.41) is 9.21. The van der Waals surface area contributed by atoms with Gasteiger partial charge in [-0.2, -0.15) is 0 Å². The molecule has 0 bridgehead atoms. The largest absolute Gasteiger partial charge is 0.377 e. The maximum absolute atomic E-state index is 6.00. The van der Waals surface area contributed by atoms with Crippen LogP contribution in [0.15, 0.2) is 22.5 Å². The van der Waals surface area contributed by atoms with Crippen LogP contribution in [0.4, 0.5) is 0 Å². The zero-order valence-electron chi connectivity index (χ0n) is 14.5. The summed E-state index contributed by atoms with van der Waals surface area (Å²) in [6, 6.07) is 4.74. The summed E-state index contributed by atoms with van der Waals surface area (Å²) in [7, 11) is 0. The van der Waals surface area contributed by atoms with E-state index in [-0.39, 0.29) is 5.41 Å². The molecule has 23 heavy (non-hydrogen) atoms. The van der Waals surface area contributed by atoms with Gasteiger partial charge in [0.25, 0.3) is 0 Å². The molecule has 1 saturated heterocycles. The van der Waals surface area contributed by atoms with Gasteiger partial charge >= 0.3 is 0 Å². The molecule has 0 aromatic carbocycles. The quantitative estimate of drug-likeness (QED) is 0.642. The number of nitrogens with one attached hydrogen (secondary N) is 2. The molecule has 1 aliphatic heterocycles. The van der Waals surface area contributed by atoms with E-state index in [0.29, 0.717) is 18.1 Å². The van der Waals surface area contributed by atoms with E-state index < -0.39 is 0 Å². The molecule has 4 nitrogen and oxygen atoms in total. The molecular formula is C18H29N3OS. The third-order valence-electron chi connectivity index (χ3n) is 5.18. The van der Waals surface area contributed by atoms with Gasteiger partial charge in [-0.1, -0.05) is 19.9 Å². The summed E-state index contributed by atoms with van der Waals surface area (Å²) < 4.78 is 6.00. The predicted octanol–water partition coefficient (Wildman–Crippen LogP) is 3.05. The van der Waals surface area contributed by atoms with Gasteiger partial charge < -0.3 is 15.4 Å². The van der Waals surface area contributed by atoms with Crippen molar-refractivity contribution in [3.05, 3.63) is 22.4 Å². The molecular weight excluding hydrogens is 306 g/mol. The molecule has 1 aromatic rings. The van der Waals surface area contributed by atoms with E-state index in [0.717, 1.165) is 32.1 Å². The molecule has 0 radical (unpaired) electrons. The summed E-state index contributed by atoms with van der Waals surface area (Å²) in [5.74, 6) is 1.58. The second kappa shape index (κ2) is 7.22. The fourth-order valence-electron chi connectivity index (χ4n) is 4.02. The van der Waals surface area contributed by atoms with Gasteiger partial charge in [-0.05, 0) is 31.2 Å². The van der Waals surface area contributed by atoms with E-state index in [1.54, 1.807) is 11.3 Å². The highest BCUT2D eigenvalue weighted by Crippen LogP contribution is 2.51. The summed E-state index contributed by atoms with van der Waals surface area (Å²) in [6.45, 7) is 9.39. The Balaban J connectivity index is 1.60. The van der Waals surface area contributed by atoms with Crippen molar-refractivity contribution in [2.75, 3.05) is 19.7 Å². The highest BCUT2D eigenvalue weighted by atomic mass is 32.1. The number of hydrogen-bond acceptors (Lipinski definition) is 3. The zero-order valence-corrected chi connectivity index (χ0v) is 15.3. The molecule has 5 heteroatoms. The number of rotatable bonds is 5. The van der Waals surface area contributed by atoms with Crippen molar-refractivity contribution in [2.24, 2.45) is 16.3 Å². The Morgan fingerprint density at radius 1 is 1.48 bits per heavy atom. The van der Waals surface area contributed by atoms with Crippen molar-refractivity contribution >= 4 is 17.3 Å². The fourth-order valence-corrected chi connectivity index (χ4v) is 4.71. The standard InChI is InChI=1S/C18H29N3OS/c1-4-19-17(20-10-9-13-7-6-12-23-13)21-15-14-8-5-11-22-16(14)18(15,2)3/h6-7,12,14-16H,4-5,8-11H2,1-3H3,(H2,19,20,21). The van der Waals surface area contributed by atoms with Crippen LogP contribution in [-0.2, 0) is 11.2 Å². The van der Waals surface area contributed by atoms with E-state index in [9.17, 15) is 0 Å². The molecule has 3 rings (SSSR count). The molecule has 2 N–H and O–H groups in total. The van der Waals surface area contributed by atoms with Crippen LogP contribution in [0, 0.1) is 11.3 Å². The van der Waals surface area contributed by atoms with Gasteiger partial charge in [-0.15, -0.1) is 11.3 Å². The predicted molar refractivity (Wildman–Crippen MR) is 97.2 cm³/mol. The van der Waals surface area contributed by atoms with Crippen LogP contribution in [0.1, 0.15) is 38.5 Å². The van der Waals surface area contributed by atoms with E-state index in [1.807, 2.05) is 0 Å². The summed E-state index contributed by atoms with van der Waals surface area (Å²) in [4.78, 5) is 6.17. The fraction of sp³-hybridized carbons (Fsp3) is 0.722. The first-order valence-electron chi connectivity index (χ1n) is 8.81. The van der Waals surface area contributed by atoms with Crippen LogP contribution in [0.3, 0.4) is 0 Å². The first-order valence-corrected chi connectivity index (χ1v) is 9.69. The van der Waals surface area contributed by atoms with Crippen LogP contribution in [0.5, 0.6) is 0 Å². The second-order valence-corrected chi connectivity index (χ2v) is 8.16. The number of hydrogen-bond donors (Lipinski definition) is 2. The lowest BCUT2D eigenvalue weighted by Crippen LogP contribution is -2.71. The number of fused-ring (bicyclic) bond motifs is 1. The minimum absolute atomic E-state index is 0.176. The maximum atomic E-state index is 6.00. The van der Waals surface area contributed by atoms with Gasteiger partial charge in [0.15, 0.2) is 5.96 Å². The molecule has 3 atom stereocenters. The lowest BCUT2D eigenvalue weighted by atomic mass is 9.55. The smallest absolute Gasteiger partial charge is 0.191 e. The molecule has 2 heterocycles. The first kappa shape index (κ1) is 16.8. The Kier molecular flexibility index (Phi) is 5.27. The Labute approximate surface area is 143 Å². The summed E-state index contributed by atoms with van der Waals surface area (Å²) in [5.41, 5.74) is 0.176. The molecule has 1 aliphatic carbocycles. The van der Waals surface area contributed by atoms with Crippen molar-refractivity contribution in [1.82, 2.24) is 10.6 Å². The lowest BCUT2D eigenvalue weighted by Gasteiger charge is -2.60. The Morgan fingerprint density at radius 2 is 2.35 bits per heavy atom. The molecule has 0 amide bonds. The molecule has 3 unspecified atom stereocenters. The van der Waals surface area contributed by atoms with Crippen LogP contribution < -0.4 is 10.6 Å². The van der Waals surface area contributed by atoms with Crippen molar-refractivity contribution in [2.45, 2.75) is 52.2 Å². The number of thiophene rings is 1. The van der Waals surface area contributed by atoms with E-state index in [2.05, 4.69) is 48.9 Å². The van der Waals surface area contributed by atoms with Crippen molar-refractivity contribution < 1.29 is 4.74 Å². The van der Waals surface area contributed by atoms with Crippen LogP contribution in [-0.4, -0.2) is 37.8 Å². The van der Waals surface area contributed by atoms with Crippen molar-refractivity contribution in [3.8, 4) is 0 Å². The molecule has 2 fully saturated rings. The van der Waals surface area contributed by atoms with Gasteiger partial charge in [0, 0.05) is 48.4 Å².